The van der Waals surface area contributed by atoms with Gasteiger partial charge in [-0.2, -0.15) is 15.4 Å². The molecule has 1 spiro atoms. The van der Waals surface area contributed by atoms with Gasteiger partial charge in [0.15, 0.2) is 5.69 Å². The second-order valence-electron chi connectivity index (χ2n) is 8.07. The van der Waals surface area contributed by atoms with Crippen molar-refractivity contribution in [3.63, 3.8) is 0 Å². The number of H-pyrrole nitrogens is 1. The van der Waals surface area contributed by atoms with E-state index in [2.05, 4.69) is 20.1 Å². The van der Waals surface area contributed by atoms with Gasteiger partial charge in [0.05, 0.1) is 29.2 Å². The Labute approximate surface area is 151 Å². The molecule has 4 heterocycles. The number of amides is 1. The normalized spacial score (nSPS) is 35.9. The maximum Gasteiger partial charge on any atom is 0.276 e. The van der Waals surface area contributed by atoms with Crippen LogP contribution in [-0.4, -0.2) is 71.2 Å². The van der Waals surface area contributed by atoms with Crippen LogP contribution in [0.2, 0.25) is 0 Å². The third kappa shape index (κ3) is 2.42. The van der Waals surface area contributed by atoms with Crippen molar-refractivity contribution in [2.75, 3.05) is 19.6 Å². The molecule has 26 heavy (non-hydrogen) atoms. The number of fused-ring (bicyclic) bond motifs is 1. The summed E-state index contributed by atoms with van der Waals surface area (Å²) in [5, 5.41) is 10.2. The van der Waals surface area contributed by atoms with Crippen LogP contribution in [0.3, 0.4) is 0 Å². The van der Waals surface area contributed by atoms with Gasteiger partial charge in [-0.25, -0.2) is 13.1 Å². The molecule has 4 atom stereocenters. The van der Waals surface area contributed by atoms with Crippen molar-refractivity contribution in [1.82, 2.24) is 25.0 Å². The summed E-state index contributed by atoms with van der Waals surface area (Å²) in [5.74, 6) is 0.150. The predicted molar refractivity (Wildman–Crippen MR) is 90.8 cm³/mol. The van der Waals surface area contributed by atoms with Crippen molar-refractivity contribution >= 4 is 15.9 Å². The molecule has 5 rings (SSSR count). The Morgan fingerprint density at radius 3 is 2.88 bits per heavy atom. The molecule has 3 saturated heterocycles. The molecule has 1 saturated carbocycles. The summed E-state index contributed by atoms with van der Waals surface area (Å²) in [7, 11) is -3.20. The summed E-state index contributed by atoms with van der Waals surface area (Å²) in [6, 6.07) is 0. The van der Waals surface area contributed by atoms with Gasteiger partial charge in [-0.15, -0.1) is 0 Å². The number of aromatic nitrogens is 3. The Morgan fingerprint density at radius 1 is 1.38 bits per heavy atom. The number of rotatable bonds is 5. The van der Waals surface area contributed by atoms with E-state index < -0.39 is 10.0 Å². The highest BCUT2D eigenvalue weighted by Crippen LogP contribution is 2.54. The van der Waals surface area contributed by atoms with Crippen LogP contribution in [0.15, 0.2) is 0 Å². The van der Waals surface area contributed by atoms with E-state index in [1.165, 1.54) is 0 Å². The SMILES string of the molecule is Cc1n[nH]nc1C(=O)N1C[C@@H]2[C@H](CNS(=O)(=O)C3CC3)[C@H]3CC[C@]2(C1)O3. The van der Waals surface area contributed by atoms with Gasteiger partial charge in [0.2, 0.25) is 10.0 Å². The minimum Gasteiger partial charge on any atom is -0.369 e. The molecule has 4 aliphatic rings. The molecule has 4 fully saturated rings. The molecule has 0 aromatic carbocycles. The number of sulfonamides is 1. The molecule has 2 bridgehead atoms. The number of carbonyl (C=O) groups excluding carboxylic acids is 1. The molecule has 2 N–H and O–H groups in total. The van der Waals surface area contributed by atoms with Crippen LogP contribution in [0, 0.1) is 18.8 Å². The number of nitrogens with zero attached hydrogens (tertiary/aromatic N) is 3. The Hall–Kier alpha value is -1.52. The van der Waals surface area contributed by atoms with Gasteiger partial charge >= 0.3 is 0 Å². The van der Waals surface area contributed by atoms with E-state index in [1.54, 1.807) is 11.8 Å². The predicted octanol–water partition coefficient (Wildman–Crippen LogP) is -0.185. The molecule has 0 radical (unpaired) electrons. The van der Waals surface area contributed by atoms with Crippen LogP contribution < -0.4 is 4.72 Å². The van der Waals surface area contributed by atoms with Gasteiger partial charge in [0.1, 0.15) is 0 Å². The summed E-state index contributed by atoms with van der Waals surface area (Å²) in [4.78, 5) is 14.6. The molecule has 10 heteroatoms. The minimum atomic E-state index is -3.20. The van der Waals surface area contributed by atoms with E-state index in [1.807, 2.05) is 0 Å². The quantitative estimate of drug-likeness (QED) is 0.730. The molecular weight excluding hydrogens is 358 g/mol. The van der Waals surface area contributed by atoms with E-state index in [9.17, 15) is 13.2 Å². The highest BCUT2D eigenvalue weighted by Gasteiger charge is 2.63. The number of nitrogens with one attached hydrogen (secondary N) is 2. The Kier molecular flexibility index (Phi) is 3.51. The van der Waals surface area contributed by atoms with Crippen molar-refractivity contribution < 1.29 is 17.9 Å². The Balaban J connectivity index is 1.32. The lowest BCUT2D eigenvalue weighted by Crippen LogP contribution is -2.42. The molecule has 1 aliphatic carbocycles. The fraction of sp³-hybridized carbons (Fsp3) is 0.812. The van der Waals surface area contributed by atoms with Gasteiger partial charge in [-0.05, 0) is 32.6 Å². The number of carbonyl (C=O) groups is 1. The molecule has 9 nitrogen and oxygen atoms in total. The maximum absolute atomic E-state index is 12.8. The minimum absolute atomic E-state index is 0.0907. The maximum atomic E-state index is 12.8. The summed E-state index contributed by atoms with van der Waals surface area (Å²) >= 11 is 0. The van der Waals surface area contributed by atoms with Gasteiger partial charge in [-0.3, -0.25) is 4.79 Å². The molecular formula is C16H23N5O4S. The zero-order valence-corrected chi connectivity index (χ0v) is 15.5. The highest BCUT2D eigenvalue weighted by molar-refractivity contribution is 7.90. The van der Waals surface area contributed by atoms with Crippen LogP contribution >= 0.6 is 0 Å². The standard InChI is InChI=1S/C16H23N5O4S/c1-9-14(19-20-18-9)15(22)21-7-12-11(6-17-26(23,24)10-2-3-10)13-4-5-16(12,8-21)25-13/h10-13,17H,2-8H2,1H3,(H,18,19,20)/t11-,12+,13+,16+/m0/s1. The summed E-state index contributed by atoms with van der Waals surface area (Å²) in [5.41, 5.74) is 0.610. The molecule has 142 valence electrons. The summed E-state index contributed by atoms with van der Waals surface area (Å²) in [6.45, 7) is 3.28. The molecule has 1 aromatic heterocycles. The van der Waals surface area contributed by atoms with Crippen LogP contribution in [0.1, 0.15) is 41.9 Å². The Bertz CT molecular complexity index is 851. The zero-order chi connectivity index (χ0) is 18.1. The monoisotopic (exact) mass is 381 g/mol. The van der Waals surface area contributed by atoms with E-state index >= 15 is 0 Å². The molecule has 0 unspecified atom stereocenters. The fourth-order valence-electron chi connectivity index (χ4n) is 4.96. The van der Waals surface area contributed by atoms with Crippen LogP contribution in [-0.2, 0) is 14.8 Å². The first-order chi connectivity index (χ1) is 12.4. The lowest BCUT2D eigenvalue weighted by atomic mass is 9.74. The zero-order valence-electron chi connectivity index (χ0n) is 14.6. The summed E-state index contributed by atoms with van der Waals surface area (Å²) < 4.78 is 33.4. The second kappa shape index (κ2) is 5.49. The van der Waals surface area contributed by atoms with E-state index in [0.29, 0.717) is 31.0 Å². The number of likely N-dealkylation sites (tertiary alicyclic amines) is 1. The number of aromatic amines is 1. The number of aryl methyl sites for hydroxylation is 1. The van der Waals surface area contributed by atoms with Crippen molar-refractivity contribution in [3.8, 4) is 0 Å². The van der Waals surface area contributed by atoms with Gasteiger partial charge in [0.25, 0.3) is 5.91 Å². The average molecular weight is 381 g/mol. The third-order valence-corrected chi connectivity index (χ3v) is 8.40. The lowest BCUT2D eigenvalue weighted by Gasteiger charge is -2.29. The van der Waals surface area contributed by atoms with Gasteiger partial charge < -0.3 is 9.64 Å². The van der Waals surface area contributed by atoms with E-state index in [4.69, 9.17) is 4.74 Å². The van der Waals surface area contributed by atoms with Crippen molar-refractivity contribution in [2.24, 2.45) is 11.8 Å². The first-order valence-corrected chi connectivity index (χ1v) is 10.8. The van der Waals surface area contributed by atoms with Crippen LogP contribution in [0.4, 0.5) is 0 Å². The van der Waals surface area contributed by atoms with Crippen molar-refractivity contribution in [1.29, 1.82) is 0 Å². The Morgan fingerprint density at radius 2 is 2.19 bits per heavy atom. The number of hydrogen-bond acceptors (Lipinski definition) is 6. The largest absolute Gasteiger partial charge is 0.369 e. The second-order valence-corrected chi connectivity index (χ2v) is 10.1. The van der Waals surface area contributed by atoms with Crippen LogP contribution in [0.5, 0.6) is 0 Å². The van der Waals surface area contributed by atoms with E-state index in [0.717, 1.165) is 25.7 Å². The highest BCUT2D eigenvalue weighted by atomic mass is 32.2. The number of ether oxygens (including phenoxy) is 1. The lowest BCUT2D eigenvalue weighted by molar-refractivity contribution is 0.00317. The van der Waals surface area contributed by atoms with E-state index in [-0.39, 0.29) is 34.7 Å². The summed E-state index contributed by atoms with van der Waals surface area (Å²) in [6.07, 6.45) is 3.46. The topological polar surface area (TPSA) is 117 Å². The first kappa shape index (κ1) is 16.6. The fourth-order valence-corrected chi connectivity index (χ4v) is 6.38. The van der Waals surface area contributed by atoms with Crippen LogP contribution in [0.25, 0.3) is 0 Å². The smallest absolute Gasteiger partial charge is 0.276 e. The third-order valence-electron chi connectivity index (χ3n) is 6.48. The first-order valence-electron chi connectivity index (χ1n) is 9.22. The average Bonchev–Trinajstić information content (AvgIpc) is 2.97. The van der Waals surface area contributed by atoms with Crippen molar-refractivity contribution in [2.45, 2.75) is 49.6 Å². The molecule has 1 amide bonds. The number of hydrogen-bond donors (Lipinski definition) is 2. The van der Waals surface area contributed by atoms with Crippen molar-refractivity contribution in [3.05, 3.63) is 11.4 Å². The van der Waals surface area contributed by atoms with Gasteiger partial charge in [-0.1, -0.05) is 0 Å². The molecule has 3 aliphatic heterocycles. The van der Waals surface area contributed by atoms with Gasteiger partial charge in [0, 0.05) is 24.9 Å². The molecule has 1 aromatic rings.